The van der Waals surface area contributed by atoms with Crippen molar-refractivity contribution in [2.24, 2.45) is 0 Å². The van der Waals surface area contributed by atoms with E-state index in [4.69, 9.17) is 0 Å². The minimum atomic E-state index is -0.321. The van der Waals surface area contributed by atoms with Gasteiger partial charge in [0.05, 0.1) is 5.60 Å². The first-order valence-electron chi connectivity index (χ1n) is 3.43. The van der Waals surface area contributed by atoms with E-state index < -0.39 is 0 Å². The lowest BCUT2D eigenvalue weighted by Crippen LogP contribution is -2.26. The molecule has 1 rings (SSSR count). The zero-order valence-electron chi connectivity index (χ0n) is 6.19. The molecule has 0 unspecified atom stereocenters. The summed E-state index contributed by atoms with van der Waals surface area (Å²) in [6.07, 6.45) is 5.76. The Morgan fingerprint density at radius 1 is 1.11 bits per heavy atom. The van der Waals surface area contributed by atoms with Crippen molar-refractivity contribution in [2.75, 3.05) is 0 Å². The van der Waals surface area contributed by atoms with Crippen molar-refractivity contribution in [1.29, 1.82) is 0 Å². The van der Waals surface area contributed by atoms with Crippen LogP contribution in [0.15, 0.2) is 0 Å². The second-order valence-corrected chi connectivity index (χ2v) is 3.06. The Labute approximate surface area is 56.9 Å². The summed E-state index contributed by atoms with van der Waals surface area (Å²) in [5.41, 5.74) is -0.321. The summed E-state index contributed by atoms with van der Waals surface area (Å²) in [6.45, 7) is 1.94. The van der Waals surface area contributed by atoms with Gasteiger partial charge in [0.2, 0.25) is 0 Å². The summed E-state index contributed by atoms with van der Waals surface area (Å²) in [4.78, 5) is 0. The molecule has 0 bridgehead atoms. The molecule has 0 atom stereocenters. The van der Waals surface area contributed by atoms with Crippen molar-refractivity contribution in [3.63, 3.8) is 0 Å². The maximum Gasteiger partial charge on any atom is 0.0619 e. The highest BCUT2D eigenvalue weighted by Gasteiger charge is 2.22. The van der Waals surface area contributed by atoms with Crippen LogP contribution in [0.2, 0.25) is 0 Å². The summed E-state index contributed by atoms with van der Waals surface area (Å²) in [5.74, 6) is 0. The summed E-state index contributed by atoms with van der Waals surface area (Å²) >= 11 is 0. The van der Waals surface area contributed by atoms with Crippen LogP contribution in [0.1, 0.15) is 39.0 Å². The summed E-state index contributed by atoms with van der Waals surface area (Å²) in [6, 6.07) is 0. The molecule has 1 aliphatic carbocycles. The van der Waals surface area contributed by atoms with Crippen molar-refractivity contribution in [2.45, 2.75) is 44.6 Å². The highest BCUT2D eigenvalue weighted by molar-refractivity contribution is 4.76. The van der Waals surface area contributed by atoms with Crippen LogP contribution >= 0.6 is 0 Å². The second-order valence-electron chi connectivity index (χ2n) is 3.06. The van der Waals surface area contributed by atoms with Gasteiger partial charge in [-0.25, -0.2) is 0 Å². The molecule has 0 spiro atoms. The van der Waals surface area contributed by atoms with Gasteiger partial charge in [-0.1, -0.05) is 19.3 Å². The molecule has 1 fully saturated rings. The lowest BCUT2D eigenvalue weighted by molar-refractivity contribution is 0.0225. The van der Waals surface area contributed by atoms with Gasteiger partial charge in [-0.05, 0) is 19.8 Å². The molecule has 0 amide bonds. The Balaban J connectivity index is 0.000000640. The highest BCUT2D eigenvalue weighted by Crippen LogP contribution is 2.26. The van der Waals surface area contributed by atoms with Gasteiger partial charge in [-0.15, -0.1) is 0 Å². The highest BCUT2D eigenvalue weighted by atomic mass is 16.3. The van der Waals surface area contributed by atoms with E-state index in [-0.39, 0.29) is 11.8 Å². The van der Waals surface area contributed by atoms with E-state index in [0.29, 0.717) is 0 Å². The average Bonchev–Trinajstić information content (AvgIpc) is 1.65. The van der Waals surface area contributed by atoms with Crippen molar-refractivity contribution < 1.29 is 5.11 Å². The van der Waals surface area contributed by atoms with Crippen LogP contribution in [-0.2, 0) is 0 Å². The summed E-state index contributed by atoms with van der Waals surface area (Å²) < 4.78 is 0. The Morgan fingerprint density at radius 2 is 1.56 bits per heavy atom. The van der Waals surface area contributed by atoms with Gasteiger partial charge in [-0.3, -0.25) is 0 Å². The number of aliphatic hydroxyl groups is 1. The van der Waals surface area contributed by atoms with E-state index in [1.165, 1.54) is 19.3 Å². The predicted octanol–water partition coefficient (Wildman–Crippen LogP) is 1.86. The summed E-state index contributed by atoms with van der Waals surface area (Å²) in [5, 5.41) is 9.37. The molecule has 1 aliphatic rings. The third-order valence-electron chi connectivity index (χ3n) is 1.93. The Bertz CT molecular complexity index is 73.0. The summed E-state index contributed by atoms with van der Waals surface area (Å²) in [7, 11) is 0. The topological polar surface area (TPSA) is 55.2 Å². The molecule has 0 radical (unpaired) electrons. The maximum atomic E-state index is 9.37. The molecule has 0 aromatic heterocycles. The number of hydrogen-bond donors (Lipinski definition) is 2. The molecule has 9 heavy (non-hydrogen) atoms. The SMILES string of the molecule is CC1(O)CCCCC1.N. The zero-order valence-corrected chi connectivity index (χ0v) is 6.19. The smallest absolute Gasteiger partial charge is 0.0619 e. The van der Waals surface area contributed by atoms with Gasteiger partial charge in [0.1, 0.15) is 0 Å². The Kier molecular flexibility index (Phi) is 3.15. The van der Waals surface area contributed by atoms with Crippen LogP contribution in [0.5, 0.6) is 0 Å². The van der Waals surface area contributed by atoms with Gasteiger partial charge in [0.25, 0.3) is 0 Å². The minimum absolute atomic E-state index is 0. The van der Waals surface area contributed by atoms with Gasteiger partial charge < -0.3 is 11.3 Å². The minimum Gasteiger partial charge on any atom is -0.390 e. The van der Waals surface area contributed by atoms with Crippen molar-refractivity contribution in [1.82, 2.24) is 6.15 Å². The van der Waals surface area contributed by atoms with Gasteiger partial charge in [0, 0.05) is 0 Å². The van der Waals surface area contributed by atoms with Gasteiger partial charge in [-0.2, -0.15) is 0 Å². The van der Waals surface area contributed by atoms with Gasteiger partial charge >= 0.3 is 0 Å². The molecule has 0 heterocycles. The molecular formula is C7H17NO. The Hall–Kier alpha value is -0.0800. The average molecular weight is 131 g/mol. The normalized spacial score (nSPS) is 24.7. The van der Waals surface area contributed by atoms with E-state index in [0.717, 1.165) is 12.8 Å². The lowest BCUT2D eigenvalue weighted by atomic mass is 9.87. The second kappa shape index (κ2) is 3.18. The van der Waals surface area contributed by atoms with E-state index in [9.17, 15) is 5.11 Å². The molecule has 56 valence electrons. The molecule has 0 aliphatic heterocycles. The molecule has 0 aromatic rings. The largest absolute Gasteiger partial charge is 0.390 e. The van der Waals surface area contributed by atoms with E-state index in [2.05, 4.69) is 0 Å². The quantitative estimate of drug-likeness (QED) is 0.527. The molecule has 1 saturated carbocycles. The fourth-order valence-electron chi connectivity index (χ4n) is 1.31. The molecule has 2 heteroatoms. The Morgan fingerprint density at radius 3 is 1.78 bits per heavy atom. The lowest BCUT2D eigenvalue weighted by Gasteiger charge is -2.27. The monoisotopic (exact) mass is 131 g/mol. The standard InChI is InChI=1S/C7H14O.H3N/c1-7(8)5-3-2-4-6-7;/h8H,2-6H2,1H3;1H3. The van der Waals surface area contributed by atoms with Crippen LogP contribution in [0.25, 0.3) is 0 Å². The number of hydrogen-bond acceptors (Lipinski definition) is 2. The fraction of sp³-hybridized carbons (Fsp3) is 1.00. The molecule has 4 N–H and O–H groups in total. The van der Waals surface area contributed by atoms with E-state index in [1.54, 1.807) is 0 Å². The maximum absolute atomic E-state index is 9.37. The molecule has 2 nitrogen and oxygen atoms in total. The fourth-order valence-corrected chi connectivity index (χ4v) is 1.31. The first kappa shape index (κ1) is 8.92. The van der Waals surface area contributed by atoms with Crippen molar-refractivity contribution in [3.05, 3.63) is 0 Å². The molecule has 0 saturated heterocycles. The van der Waals surface area contributed by atoms with Crippen molar-refractivity contribution in [3.8, 4) is 0 Å². The third kappa shape index (κ3) is 2.82. The van der Waals surface area contributed by atoms with Crippen LogP contribution in [-0.4, -0.2) is 10.7 Å². The third-order valence-corrected chi connectivity index (χ3v) is 1.93. The van der Waals surface area contributed by atoms with Crippen LogP contribution < -0.4 is 6.15 Å². The van der Waals surface area contributed by atoms with E-state index >= 15 is 0 Å². The van der Waals surface area contributed by atoms with Crippen LogP contribution in [0.3, 0.4) is 0 Å². The molecular weight excluding hydrogens is 114 g/mol. The van der Waals surface area contributed by atoms with Crippen LogP contribution in [0, 0.1) is 0 Å². The zero-order chi connectivity index (χ0) is 6.04. The first-order chi connectivity index (χ1) is 3.71. The van der Waals surface area contributed by atoms with Gasteiger partial charge in [0.15, 0.2) is 0 Å². The van der Waals surface area contributed by atoms with E-state index in [1.807, 2.05) is 6.92 Å². The predicted molar refractivity (Wildman–Crippen MR) is 38.7 cm³/mol. The number of rotatable bonds is 0. The molecule has 0 aromatic carbocycles. The van der Waals surface area contributed by atoms with Crippen molar-refractivity contribution >= 4 is 0 Å². The first-order valence-corrected chi connectivity index (χ1v) is 3.43. The van der Waals surface area contributed by atoms with Crippen LogP contribution in [0.4, 0.5) is 0 Å².